The number of carboxylic acid groups (broad SMARTS) is 1. The molecular weight excluding hydrogens is 305 g/mol. The van der Waals surface area contributed by atoms with Gasteiger partial charge in [0.1, 0.15) is 11.2 Å². The highest BCUT2D eigenvalue weighted by Gasteiger charge is 2.41. The molecule has 18 heavy (non-hydrogen) atoms. The smallest absolute Gasteiger partial charge is 0.319 e. The molecule has 1 unspecified atom stereocenters. The zero-order valence-electron chi connectivity index (χ0n) is 9.96. The normalized spacial score (nSPS) is 13.8. The number of hydrogen-bond donors (Lipinski definition) is 2. The van der Waals surface area contributed by atoms with E-state index in [4.69, 9.17) is 5.11 Å². The van der Waals surface area contributed by atoms with Crippen molar-refractivity contribution < 1.29 is 19.1 Å². The van der Waals surface area contributed by atoms with Crippen molar-refractivity contribution >= 4 is 27.8 Å². The van der Waals surface area contributed by atoms with Gasteiger partial charge in [0.15, 0.2) is 0 Å². The second kappa shape index (κ2) is 5.48. The fourth-order valence-corrected chi connectivity index (χ4v) is 2.00. The van der Waals surface area contributed by atoms with Gasteiger partial charge in [-0.25, -0.2) is 4.39 Å². The van der Waals surface area contributed by atoms with Crippen LogP contribution in [0.3, 0.4) is 0 Å². The van der Waals surface area contributed by atoms with Crippen LogP contribution in [0.5, 0.6) is 0 Å². The lowest BCUT2D eigenvalue weighted by atomic mass is 9.82. The van der Waals surface area contributed by atoms with E-state index in [-0.39, 0.29) is 12.0 Å². The molecule has 2 N–H and O–H groups in total. The second-order valence-corrected chi connectivity index (χ2v) is 5.04. The van der Waals surface area contributed by atoms with Crippen molar-refractivity contribution in [1.29, 1.82) is 0 Å². The first-order valence-corrected chi connectivity index (χ1v) is 6.00. The molecule has 0 bridgehead atoms. The van der Waals surface area contributed by atoms with Crippen molar-refractivity contribution in [3.8, 4) is 0 Å². The summed E-state index contributed by atoms with van der Waals surface area (Å²) in [6.07, 6.45) is -0.215. The Morgan fingerprint density at radius 2 is 2.11 bits per heavy atom. The van der Waals surface area contributed by atoms with Gasteiger partial charge < -0.3 is 10.4 Å². The summed E-state index contributed by atoms with van der Waals surface area (Å²) in [6, 6.07) is 4.21. The van der Waals surface area contributed by atoms with Gasteiger partial charge in [-0.15, -0.1) is 0 Å². The van der Waals surface area contributed by atoms with E-state index >= 15 is 0 Å². The second-order valence-electron chi connectivity index (χ2n) is 4.13. The van der Waals surface area contributed by atoms with E-state index in [1.54, 1.807) is 0 Å². The van der Waals surface area contributed by atoms with Gasteiger partial charge in [-0.1, -0.05) is 15.9 Å². The maximum Gasteiger partial charge on any atom is 0.319 e. The van der Waals surface area contributed by atoms with E-state index in [0.29, 0.717) is 4.47 Å². The number of rotatable bonds is 4. The number of carboxylic acids is 1. The van der Waals surface area contributed by atoms with Gasteiger partial charge in [0.25, 0.3) is 0 Å². The Bertz CT molecular complexity index is 492. The van der Waals surface area contributed by atoms with Gasteiger partial charge in [0.2, 0.25) is 5.91 Å². The standard InChI is InChI=1S/C12H13BrFNO3/c1-12(11(17)18,10(16)15-2)6-7-5-8(13)3-4-9(7)14/h3-5H,6H2,1-2H3,(H,15,16)(H,17,18). The topological polar surface area (TPSA) is 66.4 Å². The zero-order valence-corrected chi connectivity index (χ0v) is 11.5. The molecule has 1 amide bonds. The molecule has 0 aliphatic carbocycles. The van der Waals surface area contributed by atoms with E-state index in [2.05, 4.69) is 21.2 Å². The number of amides is 1. The maximum absolute atomic E-state index is 13.6. The minimum atomic E-state index is -1.70. The molecule has 4 nitrogen and oxygen atoms in total. The number of benzene rings is 1. The van der Waals surface area contributed by atoms with Gasteiger partial charge in [0.05, 0.1) is 0 Å². The summed E-state index contributed by atoms with van der Waals surface area (Å²) in [5.74, 6) is -2.48. The lowest BCUT2D eigenvalue weighted by Gasteiger charge is -2.23. The molecule has 0 aromatic heterocycles. The fourth-order valence-electron chi connectivity index (χ4n) is 1.59. The number of carbonyl (C=O) groups is 2. The third-order valence-electron chi connectivity index (χ3n) is 2.75. The highest BCUT2D eigenvalue weighted by Crippen LogP contribution is 2.26. The van der Waals surface area contributed by atoms with Crippen LogP contribution in [0.25, 0.3) is 0 Å². The number of halogens is 2. The minimum absolute atomic E-state index is 0.179. The molecule has 1 aromatic rings. The van der Waals surface area contributed by atoms with Crippen LogP contribution in [-0.2, 0) is 16.0 Å². The molecule has 0 saturated heterocycles. The third kappa shape index (κ3) is 2.87. The van der Waals surface area contributed by atoms with Crippen molar-refractivity contribution in [3.63, 3.8) is 0 Å². The average molecular weight is 318 g/mol. The molecule has 1 aromatic carbocycles. The van der Waals surface area contributed by atoms with Crippen LogP contribution >= 0.6 is 15.9 Å². The number of nitrogens with one attached hydrogen (secondary N) is 1. The fraction of sp³-hybridized carbons (Fsp3) is 0.333. The maximum atomic E-state index is 13.6. The predicted octanol–water partition coefficient (Wildman–Crippen LogP) is 1.97. The minimum Gasteiger partial charge on any atom is -0.480 e. The third-order valence-corrected chi connectivity index (χ3v) is 3.25. The summed E-state index contributed by atoms with van der Waals surface area (Å²) in [7, 11) is 1.35. The highest BCUT2D eigenvalue weighted by molar-refractivity contribution is 9.10. The van der Waals surface area contributed by atoms with Gasteiger partial charge in [0, 0.05) is 17.9 Å². The summed E-state index contributed by atoms with van der Waals surface area (Å²) < 4.78 is 14.2. The SMILES string of the molecule is CNC(=O)C(C)(Cc1cc(Br)ccc1F)C(=O)O. The molecule has 0 fully saturated rings. The van der Waals surface area contributed by atoms with E-state index in [1.807, 2.05) is 0 Å². The van der Waals surface area contributed by atoms with Gasteiger partial charge in [-0.3, -0.25) is 9.59 Å². The number of aliphatic carboxylic acids is 1. The Morgan fingerprint density at radius 3 is 2.61 bits per heavy atom. The quantitative estimate of drug-likeness (QED) is 0.834. The molecular formula is C12H13BrFNO3. The monoisotopic (exact) mass is 317 g/mol. The Labute approximate surface area is 112 Å². The van der Waals surface area contributed by atoms with E-state index < -0.39 is 23.1 Å². The summed E-state index contributed by atoms with van der Waals surface area (Å²) >= 11 is 3.18. The summed E-state index contributed by atoms with van der Waals surface area (Å²) in [5.41, 5.74) is -1.52. The van der Waals surface area contributed by atoms with Crippen LogP contribution in [-0.4, -0.2) is 24.0 Å². The molecule has 6 heteroatoms. The Balaban J connectivity index is 3.15. The first kappa shape index (κ1) is 14.6. The number of hydrogen-bond acceptors (Lipinski definition) is 2. The molecule has 0 saturated carbocycles. The van der Waals surface area contributed by atoms with E-state index in [9.17, 15) is 14.0 Å². The molecule has 0 radical (unpaired) electrons. The summed E-state index contributed by atoms with van der Waals surface area (Å²) in [5, 5.41) is 11.4. The molecule has 98 valence electrons. The van der Waals surface area contributed by atoms with Crippen LogP contribution < -0.4 is 5.32 Å². The molecule has 0 aliphatic rings. The largest absolute Gasteiger partial charge is 0.480 e. The first-order valence-electron chi connectivity index (χ1n) is 5.20. The van der Waals surface area contributed by atoms with Crippen LogP contribution in [0.1, 0.15) is 12.5 Å². The van der Waals surface area contributed by atoms with Crippen LogP contribution in [0.4, 0.5) is 4.39 Å². The first-order chi connectivity index (χ1) is 8.31. The molecule has 0 heterocycles. The Morgan fingerprint density at radius 1 is 1.50 bits per heavy atom. The molecule has 0 aliphatic heterocycles. The predicted molar refractivity (Wildman–Crippen MR) is 67.6 cm³/mol. The van der Waals surface area contributed by atoms with Crippen LogP contribution in [0.2, 0.25) is 0 Å². The molecule has 1 atom stereocenters. The Kier molecular flexibility index (Phi) is 4.45. The lowest BCUT2D eigenvalue weighted by molar-refractivity contribution is -0.154. The van der Waals surface area contributed by atoms with Crippen LogP contribution in [0.15, 0.2) is 22.7 Å². The molecule has 1 rings (SSSR count). The zero-order chi connectivity index (χ0) is 13.9. The van der Waals surface area contributed by atoms with Crippen LogP contribution in [0, 0.1) is 11.2 Å². The Hall–Kier alpha value is -1.43. The highest BCUT2D eigenvalue weighted by atomic mass is 79.9. The van der Waals surface area contributed by atoms with Crippen molar-refractivity contribution in [2.75, 3.05) is 7.05 Å². The van der Waals surface area contributed by atoms with Crippen molar-refractivity contribution in [2.24, 2.45) is 5.41 Å². The van der Waals surface area contributed by atoms with Gasteiger partial charge >= 0.3 is 5.97 Å². The lowest BCUT2D eigenvalue weighted by Crippen LogP contribution is -2.44. The summed E-state index contributed by atoms with van der Waals surface area (Å²) in [6.45, 7) is 1.27. The van der Waals surface area contributed by atoms with Crippen molar-refractivity contribution in [2.45, 2.75) is 13.3 Å². The number of carbonyl (C=O) groups excluding carboxylic acids is 1. The van der Waals surface area contributed by atoms with Gasteiger partial charge in [-0.2, -0.15) is 0 Å². The van der Waals surface area contributed by atoms with E-state index in [0.717, 1.165) is 0 Å². The summed E-state index contributed by atoms with van der Waals surface area (Å²) in [4.78, 5) is 22.9. The molecule has 0 spiro atoms. The van der Waals surface area contributed by atoms with Gasteiger partial charge in [-0.05, 0) is 30.7 Å². The average Bonchev–Trinajstić information content (AvgIpc) is 2.32. The van der Waals surface area contributed by atoms with Crippen molar-refractivity contribution in [1.82, 2.24) is 5.32 Å². The van der Waals surface area contributed by atoms with E-state index in [1.165, 1.54) is 32.2 Å². The van der Waals surface area contributed by atoms with Crippen molar-refractivity contribution in [3.05, 3.63) is 34.1 Å².